The van der Waals surface area contributed by atoms with Crippen molar-refractivity contribution in [3.05, 3.63) is 71.4 Å². The molecule has 174 valence electrons. The van der Waals surface area contributed by atoms with E-state index in [-0.39, 0.29) is 17.9 Å². The highest BCUT2D eigenvalue weighted by molar-refractivity contribution is 5.96. The van der Waals surface area contributed by atoms with E-state index in [0.29, 0.717) is 24.6 Å². The molecule has 2 aromatic carbocycles. The first-order chi connectivity index (χ1) is 16.5. The molecule has 6 bridgehead atoms. The minimum absolute atomic E-state index is 0.0223. The summed E-state index contributed by atoms with van der Waals surface area (Å²) in [5.74, 6) is 0.446. The summed E-state index contributed by atoms with van der Waals surface area (Å²) >= 11 is 0. The predicted octanol–water partition coefficient (Wildman–Crippen LogP) is 3.18. The first-order valence-corrected chi connectivity index (χ1v) is 11.5. The summed E-state index contributed by atoms with van der Waals surface area (Å²) in [4.78, 5) is 38.8. The Bertz CT molecular complexity index is 1240. The van der Waals surface area contributed by atoms with Crippen LogP contribution in [0.5, 0.6) is 0 Å². The molecule has 1 aromatic heterocycles. The Morgan fingerprint density at radius 1 is 1.15 bits per heavy atom. The zero-order valence-corrected chi connectivity index (χ0v) is 19.4. The van der Waals surface area contributed by atoms with Gasteiger partial charge >= 0.3 is 0 Å². The third kappa shape index (κ3) is 4.49. The smallest absolute Gasteiger partial charge is 0.253 e. The lowest BCUT2D eigenvalue weighted by Gasteiger charge is -2.26. The van der Waals surface area contributed by atoms with E-state index in [1.54, 1.807) is 25.2 Å². The fourth-order valence-corrected chi connectivity index (χ4v) is 4.64. The number of nitrogens with one attached hydrogen (secondary N) is 2. The highest BCUT2D eigenvalue weighted by Crippen LogP contribution is 2.27. The van der Waals surface area contributed by atoms with E-state index in [4.69, 9.17) is 0 Å². The number of aromatic nitrogens is 2. The van der Waals surface area contributed by atoms with E-state index < -0.39 is 0 Å². The number of amides is 2. The van der Waals surface area contributed by atoms with Crippen LogP contribution in [-0.4, -0.2) is 58.3 Å². The normalized spacial score (nSPS) is 17.9. The van der Waals surface area contributed by atoms with Crippen molar-refractivity contribution in [2.24, 2.45) is 0 Å². The molecule has 3 heterocycles. The van der Waals surface area contributed by atoms with E-state index in [1.807, 2.05) is 48.5 Å². The maximum atomic E-state index is 13.1. The molecular weight excluding hydrogens is 428 g/mol. The lowest BCUT2D eigenvalue weighted by molar-refractivity contribution is -0.125. The van der Waals surface area contributed by atoms with Gasteiger partial charge in [-0.05, 0) is 60.8 Å². The number of fused-ring (bicyclic) bond motifs is 8. The largest absolute Gasteiger partial charge is 0.351 e. The fraction of sp³-hybridized carbons (Fsp3) is 0.308. The van der Waals surface area contributed by atoms with Crippen LogP contribution in [0.1, 0.15) is 34.3 Å². The summed E-state index contributed by atoms with van der Waals surface area (Å²) in [7, 11) is 3.49. The fourth-order valence-electron chi connectivity index (χ4n) is 4.64. The van der Waals surface area contributed by atoms with E-state index in [9.17, 15) is 9.59 Å². The number of hydrogen-bond acceptors (Lipinski definition) is 6. The van der Waals surface area contributed by atoms with Crippen molar-refractivity contribution in [2.75, 3.05) is 26.0 Å². The van der Waals surface area contributed by atoms with Crippen LogP contribution in [0.4, 0.5) is 11.6 Å². The molecular formula is C26H28N6O2. The minimum Gasteiger partial charge on any atom is -0.351 e. The third-order valence-electron chi connectivity index (χ3n) is 6.38. The minimum atomic E-state index is -0.217. The first-order valence-electron chi connectivity index (χ1n) is 11.5. The van der Waals surface area contributed by atoms with Gasteiger partial charge < -0.3 is 15.5 Å². The molecule has 1 atom stereocenters. The Morgan fingerprint density at radius 2 is 2.03 bits per heavy atom. The molecule has 2 aliphatic heterocycles. The average Bonchev–Trinajstić information content (AvgIpc) is 3.30. The number of nitrogens with zero attached hydrogens (tertiary/aromatic N) is 4. The summed E-state index contributed by atoms with van der Waals surface area (Å²) in [6.45, 7) is 1.78. The number of benzene rings is 2. The van der Waals surface area contributed by atoms with Crippen LogP contribution >= 0.6 is 0 Å². The van der Waals surface area contributed by atoms with Crippen LogP contribution in [0.25, 0.3) is 11.3 Å². The molecule has 5 rings (SSSR count). The molecule has 8 nitrogen and oxygen atoms in total. The maximum Gasteiger partial charge on any atom is 0.253 e. The Hall–Kier alpha value is -3.78. The molecule has 0 spiro atoms. The molecule has 1 saturated heterocycles. The van der Waals surface area contributed by atoms with Crippen molar-refractivity contribution in [3.63, 3.8) is 0 Å². The lowest BCUT2D eigenvalue weighted by atomic mass is 10.0. The zero-order chi connectivity index (χ0) is 23.7. The molecule has 0 saturated carbocycles. The Balaban J connectivity index is 1.59. The number of hydrogen-bond donors (Lipinski definition) is 2. The van der Waals surface area contributed by atoms with Gasteiger partial charge in [-0.3, -0.25) is 14.5 Å². The van der Waals surface area contributed by atoms with Crippen LogP contribution < -0.4 is 10.6 Å². The SMILES string of the molecule is CN(C)C(=O)c1ccc2cc1CN1CCC[C@H]1C(=O)NCc1cccc(c1)-c1ccnc(n1)N2. The van der Waals surface area contributed by atoms with Gasteiger partial charge in [0.05, 0.1) is 11.7 Å². The molecule has 2 N–H and O–H groups in total. The number of rotatable bonds is 1. The van der Waals surface area contributed by atoms with Gasteiger partial charge in [0, 0.05) is 50.2 Å². The van der Waals surface area contributed by atoms with E-state index in [2.05, 4.69) is 25.5 Å². The van der Waals surface area contributed by atoms with Crippen LogP contribution in [0.3, 0.4) is 0 Å². The Labute approximate surface area is 199 Å². The van der Waals surface area contributed by atoms with Crippen molar-refractivity contribution in [3.8, 4) is 11.3 Å². The molecule has 1 fully saturated rings. The van der Waals surface area contributed by atoms with Crippen LogP contribution in [0.15, 0.2) is 54.7 Å². The van der Waals surface area contributed by atoms with Crippen LogP contribution in [-0.2, 0) is 17.9 Å². The van der Waals surface area contributed by atoms with Gasteiger partial charge in [-0.25, -0.2) is 9.97 Å². The van der Waals surface area contributed by atoms with Gasteiger partial charge in [-0.2, -0.15) is 0 Å². The molecule has 0 unspecified atom stereocenters. The summed E-state index contributed by atoms with van der Waals surface area (Å²) in [5.41, 5.74) is 5.06. The van der Waals surface area contributed by atoms with Crippen molar-refractivity contribution in [1.29, 1.82) is 0 Å². The van der Waals surface area contributed by atoms with Crippen molar-refractivity contribution < 1.29 is 9.59 Å². The second-order valence-corrected chi connectivity index (χ2v) is 9.01. The highest BCUT2D eigenvalue weighted by Gasteiger charge is 2.31. The van der Waals surface area contributed by atoms with Gasteiger partial charge in [-0.15, -0.1) is 0 Å². The molecule has 8 heteroatoms. The molecule has 2 aliphatic rings. The second kappa shape index (κ2) is 9.23. The quantitative estimate of drug-likeness (QED) is 0.585. The van der Waals surface area contributed by atoms with Crippen LogP contribution in [0, 0.1) is 0 Å². The van der Waals surface area contributed by atoms with Gasteiger partial charge in [0.1, 0.15) is 0 Å². The Kier molecular flexibility index (Phi) is 5.98. The van der Waals surface area contributed by atoms with Gasteiger partial charge in [0.2, 0.25) is 11.9 Å². The van der Waals surface area contributed by atoms with Crippen molar-refractivity contribution >= 4 is 23.5 Å². The van der Waals surface area contributed by atoms with Gasteiger partial charge in [-0.1, -0.05) is 18.2 Å². The maximum absolute atomic E-state index is 13.1. The highest BCUT2D eigenvalue weighted by atomic mass is 16.2. The van der Waals surface area contributed by atoms with Gasteiger partial charge in [0.15, 0.2) is 0 Å². The molecule has 3 aromatic rings. The lowest BCUT2D eigenvalue weighted by Crippen LogP contribution is -2.42. The first kappa shape index (κ1) is 22.0. The number of anilines is 2. The summed E-state index contributed by atoms with van der Waals surface area (Å²) in [6, 6.07) is 15.3. The molecule has 2 amide bonds. The average molecular weight is 457 g/mol. The van der Waals surface area contributed by atoms with Crippen LogP contribution in [0.2, 0.25) is 0 Å². The van der Waals surface area contributed by atoms with E-state index >= 15 is 0 Å². The van der Waals surface area contributed by atoms with E-state index in [0.717, 1.165) is 47.5 Å². The summed E-state index contributed by atoms with van der Waals surface area (Å²) in [6.07, 6.45) is 3.48. The summed E-state index contributed by atoms with van der Waals surface area (Å²) in [5, 5.41) is 6.41. The second-order valence-electron chi connectivity index (χ2n) is 9.01. The van der Waals surface area contributed by atoms with E-state index in [1.165, 1.54) is 0 Å². The number of carbonyl (C=O) groups is 2. The Morgan fingerprint density at radius 3 is 2.88 bits per heavy atom. The topological polar surface area (TPSA) is 90.5 Å². The van der Waals surface area contributed by atoms with Crippen molar-refractivity contribution in [2.45, 2.75) is 32.0 Å². The number of carbonyl (C=O) groups excluding carboxylic acids is 2. The monoisotopic (exact) mass is 456 g/mol. The predicted molar refractivity (Wildman–Crippen MR) is 130 cm³/mol. The van der Waals surface area contributed by atoms with Crippen molar-refractivity contribution in [1.82, 2.24) is 25.1 Å². The molecule has 0 radical (unpaired) electrons. The molecule has 0 aliphatic carbocycles. The van der Waals surface area contributed by atoms with Gasteiger partial charge in [0.25, 0.3) is 5.91 Å². The third-order valence-corrected chi connectivity index (χ3v) is 6.38. The summed E-state index contributed by atoms with van der Waals surface area (Å²) < 4.78 is 0. The standard InChI is InChI=1S/C26H28N6O2/c1-31(2)25(34)21-9-8-20-14-19(21)16-32-12-4-7-23(32)24(33)28-15-17-5-3-6-18(13-17)22-10-11-27-26(29-20)30-22/h3,5-6,8-11,13-14,23H,4,7,12,15-16H2,1-2H3,(H,28,33)(H,27,29,30)/t23-/m0/s1. The molecule has 34 heavy (non-hydrogen) atoms. The zero-order valence-electron chi connectivity index (χ0n) is 19.4.